The van der Waals surface area contributed by atoms with Crippen molar-refractivity contribution in [3.8, 4) is 11.4 Å². The van der Waals surface area contributed by atoms with E-state index in [-0.39, 0.29) is 6.04 Å². The first kappa shape index (κ1) is 10.7. The summed E-state index contributed by atoms with van der Waals surface area (Å²) in [6, 6.07) is 7.69. The number of nitrogens with zero attached hydrogens (tertiary/aromatic N) is 2. The summed E-state index contributed by atoms with van der Waals surface area (Å²) in [7, 11) is 0. The van der Waals surface area contributed by atoms with Crippen LogP contribution in [0.4, 0.5) is 0 Å². The van der Waals surface area contributed by atoms with E-state index >= 15 is 0 Å². The van der Waals surface area contributed by atoms with Gasteiger partial charge in [-0.2, -0.15) is 4.98 Å². The van der Waals surface area contributed by atoms with Crippen molar-refractivity contribution >= 4 is 11.6 Å². The number of halogens is 1. The molecular weight excluding hydrogens is 238 g/mol. The molecule has 17 heavy (non-hydrogen) atoms. The topological polar surface area (TPSA) is 51.0 Å². The molecule has 0 saturated carbocycles. The summed E-state index contributed by atoms with van der Waals surface area (Å²) >= 11 is 6.09. The molecule has 88 valence electrons. The van der Waals surface area contributed by atoms with Gasteiger partial charge in [-0.25, -0.2) is 0 Å². The van der Waals surface area contributed by atoms with Crippen LogP contribution in [0.1, 0.15) is 24.8 Å². The molecule has 1 fully saturated rings. The van der Waals surface area contributed by atoms with Crippen LogP contribution >= 0.6 is 11.6 Å². The predicted molar refractivity (Wildman–Crippen MR) is 64.7 cm³/mol. The average Bonchev–Trinajstić information content (AvgIpc) is 3.00. The van der Waals surface area contributed by atoms with Gasteiger partial charge in [0, 0.05) is 5.56 Å². The average molecular weight is 250 g/mol. The van der Waals surface area contributed by atoms with Gasteiger partial charge in [-0.05, 0) is 31.5 Å². The molecule has 1 unspecified atom stereocenters. The molecule has 1 saturated heterocycles. The van der Waals surface area contributed by atoms with Crippen LogP contribution in [0.25, 0.3) is 11.4 Å². The minimum atomic E-state index is 0.193. The first-order chi connectivity index (χ1) is 8.34. The second kappa shape index (κ2) is 4.47. The highest BCUT2D eigenvalue weighted by Crippen LogP contribution is 2.27. The number of hydrogen-bond acceptors (Lipinski definition) is 4. The monoisotopic (exact) mass is 249 g/mol. The lowest BCUT2D eigenvalue weighted by Crippen LogP contribution is -2.12. The Bertz CT molecular complexity index is 520. The minimum Gasteiger partial charge on any atom is -0.337 e. The predicted octanol–water partition coefficient (Wildman–Crippen LogP) is 2.81. The van der Waals surface area contributed by atoms with Crippen LogP contribution < -0.4 is 5.32 Å². The second-order valence-corrected chi connectivity index (χ2v) is 4.49. The van der Waals surface area contributed by atoms with Crippen LogP contribution in [0.5, 0.6) is 0 Å². The first-order valence-corrected chi connectivity index (χ1v) is 6.04. The van der Waals surface area contributed by atoms with Crippen LogP contribution in [0, 0.1) is 0 Å². The Morgan fingerprint density at radius 3 is 3.00 bits per heavy atom. The maximum absolute atomic E-state index is 6.09. The zero-order chi connectivity index (χ0) is 11.7. The van der Waals surface area contributed by atoms with Crippen molar-refractivity contribution in [3.05, 3.63) is 35.2 Å². The van der Waals surface area contributed by atoms with Crippen LogP contribution in [-0.4, -0.2) is 16.7 Å². The van der Waals surface area contributed by atoms with E-state index in [4.69, 9.17) is 16.1 Å². The van der Waals surface area contributed by atoms with Gasteiger partial charge in [-0.15, -0.1) is 0 Å². The van der Waals surface area contributed by atoms with Crippen LogP contribution in [-0.2, 0) is 0 Å². The Kier molecular flexibility index (Phi) is 2.82. The molecular formula is C12H12ClN3O. The Morgan fingerprint density at radius 2 is 2.24 bits per heavy atom. The molecule has 0 radical (unpaired) electrons. The highest BCUT2D eigenvalue weighted by atomic mass is 35.5. The molecule has 0 aliphatic carbocycles. The normalized spacial score (nSPS) is 19.7. The number of aromatic nitrogens is 2. The van der Waals surface area contributed by atoms with Gasteiger partial charge in [0.1, 0.15) is 0 Å². The molecule has 1 aromatic heterocycles. The van der Waals surface area contributed by atoms with E-state index in [1.807, 2.05) is 24.3 Å². The Labute approximate surface area is 104 Å². The van der Waals surface area contributed by atoms with Crippen LogP contribution in [0.2, 0.25) is 5.02 Å². The maximum Gasteiger partial charge on any atom is 0.244 e. The molecule has 5 heteroatoms. The summed E-state index contributed by atoms with van der Waals surface area (Å²) in [5, 5.41) is 7.94. The lowest BCUT2D eigenvalue weighted by atomic mass is 10.2. The smallest absolute Gasteiger partial charge is 0.244 e. The van der Waals surface area contributed by atoms with Crippen molar-refractivity contribution in [2.24, 2.45) is 0 Å². The zero-order valence-electron chi connectivity index (χ0n) is 9.19. The van der Waals surface area contributed by atoms with Crippen molar-refractivity contribution in [1.82, 2.24) is 15.5 Å². The van der Waals surface area contributed by atoms with Crippen molar-refractivity contribution in [2.45, 2.75) is 18.9 Å². The fourth-order valence-electron chi connectivity index (χ4n) is 2.02. The number of rotatable bonds is 2. The third-order valence-corrected chi connectivity index (χ3v) is 3.24. The summed E-state index contributed by atoms with van der Waals surface area (Å²) < 4.78 is 5.28. The molecule has 0 spiro atoms. The Morgan fingerprint density at radius 1 is 1.35 bits per heavy atom. The quantitative estimate of drug-likeness (QED) is 0.889. The largest absolute Gasteiger partial charge is 0.337 e. The highest BCUT2D eigenvalue weighted by Gasteiger charge is 2.23. The van der Waals surface area contributed by atoms with Gasteiger partial charge in [-0.1, -0.05) is 28.9 Å². The molecule has 1 aromatic carbocycles. The van der Waals surface area contributed by atoms with E-state index in [1.54, 1.807) is 0 Å². The van der Waals surface area contributed by atoms with E-state index in [2.05, 4.69) is 15.5 Å². The first-order valence-electron chi connectivity index (χ1n) is 5.66. The van der Waals surface area contributed by atoms with Gasteiger partial charge in [0.2, 0.25) is 11.7 Å². The second-order valence-electron chi connectivity index (χ2n) is 4.09. The van der Waals surface area contributed by atoms with E-state index in [9.17, 15) is 0 Å². The molecule has 1 atom stereocenters. The molecule has 0 bridgehead atoms. The van der Waals surface area contributed by atoms with E-state index in [0.29, 0.717) is 16.7 Å². The summed E-state index contributed by atoms with van der Waals surface area (Å²) in [4.78, 5) is 4.40. The van der Waals surface area contributed by atoms with Gasteiger partial charge in [-0.3, -0.25) is 0 Å². The Balaban J connectivity index is 1.92. The summed E-state index contributed by atoms with van der Waals surface area (Å²) in [6.07, 6.45) is 2.19. The van der Waals surface area contributed by atoms with E-state index in [0.717, 1.165) is 24.9 Å². The molecule has 1 aliphatic rings. The number of nitrogens with one attached hydrogen (secondary N) is 1. The minimum absolute atomic E-state index is 0.193. The van der Waals surface area contributed by atoms with Gasteiger partial charge in [0.05, 0.1) is 11.1 Å². The lowest BCUT2D eigenvalue weighted by molar-refractivity contribution is 0.345. The SMILES string of the molecule is Clc1ccccc1-c1noc(C2CCCN2)n1. The van der Waals surface area contributed by atoms with Gasteiger partial charge < -0.3 is 9.84 Å². The highest BCUT2D eigenvalue weighted by molar-refractivity contribution is 6.33. The summed E-state index contributed by atoms with van der Waals surface area (Å²) in [5.41, 5.74) is 0.808. The molecule has 1 N–H and O–H groups in total. The molecule has 2 heterocycles. The van der Waals surface area contributed by atoms with Gasteiger partial charge in [0.25, 0.3) is 0 Å². The third-order valence-electron chi connectivity index (χ3n) is 2.91. The van der Waals surface area contributed by atoms with Crippen molar-refractivity contribution in [1.29, 1.82) is 0 Å². The molecule has 0 amide bonds. The zero-order valence-corrected chi connectivity index (χ0v) is 9.94. The van der Waals surface area contributed by atoms with Crippen molar-refractivity contribution in [3.63, 3.8) is 0 Å². The van der Waals surface area contributed by atoms with Crippen molar-refractivity contribution < 1.29 is 4.52 Å². The van der Waals surface area contributed by atoms with Gasteiger partial charge in [0.15, 0.2) is 0 Å². The summed E-state index contributed by atoms with van der Waals surface area (Å²) in [6.45, 7) is 1.01. The molecule has 1 aliphatic heterocycles. The maximum atomic E-state index is 6.09. The fraction of sp³-hybridized carbons (Fsp3) is 0.333. The number of hydrogen-bond donors (Lipinski definition) is 1. The lowest BCUT2D eigenvalue weighted by Gasteiger charge is -2.01. The van der Waals surface area contributed by atoms with E-state index < -0.39 is 0 Å². The summed E-state index contributed by atoms with van der Waals surface area (Å²) in [5.74, 6) is 1.21. The van der Waals surface area contributed by atoms with Crippen molar-refractivity contribution in [2.75, 3.05) is 6.54 Å². The van der Waals surface area contributed by atoms with Crippen LogP contribution in [0.3, 0.4) is 0 Å². The van der Waals surface area contributed by atoms with Gasteiger partial charge >= 0.3 is 0 Å². The Hall–Kier alpha value is -1.39. The standard InChI is InChI=1S/C12H12ClN3O/c13-9-5-2-1-4-8(9)11-15-12(17-16-11)10-6-3-7-14-10/h1-2,4-5,10,14H,3,6-7H2. The molecule has 3 rings (SSSR count). The number of benzene rings is 1. The van der Waals surface area contributed by atoms with E-state index in [1.165, 1.54) is 0 Å². The third kappa shape index (κ3) is 2.06. The fourth-order valence-corrected chi connectivity index (χ4v) is 2.24. The van der Waals surface area contributed by atoms with Crippen LogP contribution in [0.15, 0.2) is 28.8 Å². The molecule has 4 nitrogen and oxygen atoms in total. The molecule has 2 aromatic rings.